The first-order valence-corrected chi connectivity index (χ1v) is 12.6. The molecule has 1 N–H and O–H groups in total. The normalized spacial score (nSPS) is 15.8. The van der Waals surface area contributed by atoms with Crippen LogP contribution in [0.15, 0.2) is 54.6 Å². The van der Waals surface area contributed by atoms with Gasteiger partial charge in [-0.3, -0.25) is 14.5 Å². The summed E-state index contributed by atoms with van der Waals surface area (Å²) in [6, 6.07) is 16.0. The van der Waals surface area contributed by atoms with E-state index in [4.69, 9.17) is 4.74 Å². The molecule has 1 saturated heterocycles. The lowest BCUT2D eigenvalue weighted by molar-refractivity contribution is -0.153. The maximum atomic E-state index is 12.5. The summed E-state index contributed by atoms with van der Waals surface area (Å²) in [5, 5.41) is 0. The molecular weight excluding hydrogens is 442 g/mol. The van der Waals surface area contributed by atoms with Gasteiger partial charge in [0.25, 0.3) is 5.91 Å². The number of nitrogens with one attached hydrogen (secondary N) is 1. The second kappa shape index (κ2) is 11.4. The molecule has 0 aliphatic carbocycles. The third-order valence-electron chi connectivity index (χ3n) is 5.46. The molecule has 1 aliphatic rings. The third-order valence-corrected chi connectivity index (χ3v) is 6.89. The number of sulfonamides is 1. The molecule has 0 spiro atoms. The number of carbonyl (C=O) groups is 2. The number of aryl methyl sites for hydroxylation is 1. The molecule has 2 aromatic rings. The largest absolute Gasteiger partial charge is 0.454 e. The van der Waals surface area contributed by atoms with Crippen LogP contribution >= 0.6 is 0 Å². The van der Waals surface area contributed by atoms with E-state index in [1.54, 1.807) is 35.2 Å². The minimum atomic E-state index is -3.72. The first kappa shape index (κ1) is 24.9. The number of hydrogen-bond acceptors (Lipinski definition) is 6. The molecule has 1 heterocycles. The van der Waals surface area contributed by atoms with Gasteiger partial charge in [0, 0.05) is 32.7 Å². The van der Waals surface area contributed by atoms with Gasteiger partial charge >= 0.3 is 5.97 Å². The lowest BCUT2D eigenvalue weighted by Crippen LogP contribution is -2.49. The Morgan fingerprint density at radius 2 is 1.67 bits per heavy atom. The van der Waals surface area contributed by atoms with Crippen LogP contribution in [0.5, 0.6) is 0 Å². The maximum absolute atomic E-state index is 12.5. The van der Waals surface area contributed by atoms with Gasteiger partial charge < -0.3 is 9.64 Å². The third kappa shape index (κ3) is 7.96. The summed E-state index contributed by atoms with van der Waals surface area (Å²) in [5.74, 6) is -1.30. The Hall–Kier alpha value is -2.75. The van der Waals surface area contributed by atoms with Crippen molar-refractivity contribution >= 4 is 21.9 Å². The van der Waals surface area contributed by atoms with Crippen molar-refractivity contribution < 1.29 is 22.7 Å². The molecule has 1 fully saturated rings. The van der Waals surface area contributed by atoms with Crippen molar-refractivity contribution in [1.29, 1.82) is 0 Å². The minimum absolute atomic E-state index is 0.239. The van der Waals surface area contributed by atoms with E-state index in [0.717, 1.165) is 19.6 Å². The Kier molecular flexibility index (Phi) is 8.60. The Morgan fingerprint density at radius 1 is 1.00 bits per heavy atom. The number of hydrogen-bond donors (Lipinski definition) is 1. The zero-order valence-corrected chi connectivity index (χ0v) is 19.9. The minimum Gasteiger partial charge on any atom is -0.454 e. The van der Waals surface area contributed by atoms with Crippen molar-refractivity contribution in [2.45, 2.75) is 32.2 Å². The molecule has 0 radical (unpaired) electrons. The molecule has 2 aromatic carbocycles. The van der Waals surface area contributed by atoms with E-state index in [0.29, 0.717) is 18.7 Å². The van der Waals surface area contributed by atoms with Crippen LogP contribution in [0, 0.1) is 6.92 Å². The Morgan fingerprint density at radius 3 is 2.33 bits per heavy atom. The highest BCUT2D eigenvalue weighted by Crippen LogP contribution is 2.11. The summed E-state index contributed by atoms with van der Waals surface area (Å²) in [6.07, 6.45) is 0. The van der Waals surface area contributed by atoms with Gasteiger partial charge in [0.15, 0.2) is 6.61 Å². The van der Waals surface area contributed by atoms with Crippen molar-refractivity contribution in [2.24, 2.45) is 0 Å². The monoisotopic (exact) mass is 473 g/mol. The van der Waals surface area contributed by atoms with Crippen LogP contribution < -0.4 is 4.72 Å². The SMILES string of the molecule is Cc1cccc(CN2CCN(C(=O)COC(=O)C(C)NS(=O)(=O)Cc3ccccc3)CC2)c1. The molecule has 8 nitrogen and oxygen atoms in total. The van der Waals surface area contributed by atoms with Gasteiger partial charge in [0.1, 0.15) is 6.04 Å². The van der Waals surface area contributed by atoms with E-state index in [9.17, 15) is 18.0 Å². The van der Waals surface area contributed by atoms with Gasteiger partial charge in [0.05, 0.1) is 5.75 Å². The van der Waals surface area contributed by atoms with E-state index in [-0.39, 0.29) is 11.7 Å². The molecule has 1 atom stereocenters. The molecule has 0 bridgehead atoms. The van der Waals surface area contributed by atoms with Crippen LogP contribution in [0.3, 0.4) is 0 Å². The summed E-state index contributed by atoms with van der Waals surface area (Å²) in [4.78, 5) is 28.6. The Balaban J connectivity index is 1.39. The van der Waals surface area contributed by atoms with Crippen LogP contribution in [0.25, 0.3) is 0 Å². The fraction of sp³-hybridized carbons (Fsp3) is 0.417. The second-order valence-electron chi connectivity index (χ2n) is 8.34. The van der Waals surface area contributed by atoms with Gasteiger partial charge in [-0.15, -0.1) is 0 Å². The molecule has 1 unspecified atom stereocenters. The van der Waals surface area contributed by atoms with Gasteiger partial charge in [-0.05, 0) is 25.0 Å². The summed E-state index contributed by atoms with van der Waals surface area (Å²) in [5.41, 5.74) is 3.08. The molecule has 33 heavy (non-hydrogen) atoms. The van der Waals surface area contributed by atoms with Crippen LogP contribution in [0.1, 0.15) is 23.6 Å². The molecule has 0 saturated carbocycles. The summed E-state index contributed by atoms with van der Waals surface area (Å²) < 4.78 is 32.0. The standard InChI is InChI=1S/C24H31N3O5S/c1-19-7-6-10-22(15-19)16-26-11-13-27(14-12-26)23(28)17-32-24(29)20(2)25-33(30,31)18-21-8-4-3-5-9-21/h3-10,15,20,25H,11-14,16-18H2,1-2H3. The van der Waals surface area contributed by atoms with Gasteiger partial charge in [-0.2, -0.15) is 0 Å². The van der Waals surface area contributed by atoms with E-state index >= 15 is 0 Å². The average molecular weight is 474 g/mol. The molecule has 3 rings (SSSR count). The number of carbonyl (C=O) groups excluding carboxylic acids is 2. The quantitative estimate of drug-likeness (QED) is 0.557. The van der Waals surface area contributed by atoms with Crippen LogP contribution in [0.4, 0.5) is 0 Å². The number of rotatable bonds is 9. The maximum Gasteiger partial charge on any atom is 0.324 e. The molecular formula is C24H31N3O5S. The van der Waals surface area contributed by atoms with Gasteiger partial charge in [-0.25, -0.2) is 13.1 Å². The molecule has 0 aromatic heterocycles. The highest BCUT2D eigenvalue weighted by atomic mass is 32.2. The fourth-order valence-corrected chi connectivity index (χ4v) is 5.08. The highest BCUT2D eigenvalue weighted by Gasteiger charge is 2.25. The lowest BCUT2D eigenvalue weighted by atomic mass is 10.1. The predicted octanol–water partition coefficient (Wildman–Crippen LogP) is 1.69. The first-order valence-electron chi connectivity index (χ1n) is 11.0. The van der Waals surface area contributed by atoms with E-state index < -0.39 is 28.6 Å². The average Bonchev–Trinajstić information content (AvgIpc) is 2.77. The highest BCUT2D eigenvalue weighted by molar-refractivity contribution is 7.88. The number of amides is 1. The predicted molar refractivity (Wildman–Crippen MR) is 126 cm³/mol. The molecule has 1 amide bonds. The zero-order chi connectivity index (χ0) is 23.8. The molecule has 1 aliphatic heterocycles. The van der Waals surface area contributed by atoms with Crippen molar-refractivity contribution in [3.8, 4) is 0 Å². The molecule has 178 valence electrons. The Labute approximate surface area is 195 Å². The lowest BCUT2D eigenvalue weighted by Gasteiger charge is -2.34. The number of benzene rings is 2. The van der Waals surface area contributed by atoms with Gasteiger partial charge in [0.2, 0.25) is 10.0 Å². The number of ether oxygens (including phenoxy) is 1. The number of esters is 1. The van der Waals surface area contributed by atoms with Crippen molar-refractivity contribution in [3.05, 3.63) is 71.3 Å². The fourth-order valence-electron chi connectivity index (χ4n) is 3.73. The number of nitrogens with zero attached hydrogens (tertiary/aromatic N) is 2. The van der Waals surface area contributed by atoms with E-state index in [1.807, 2.05) is 6.07 Å². The van der Waals surface area contributed by atoms with Gasteiger partial charge in [-0.1, -0.05) is 60.2 Å². The second-order valence-corrected chi connectivity index (χ2v) is 10.1. The Bertz CT molecular complexity index is 1050. The van der Waals surface area contributed by atoms with E-state index in [1.165, 1.54) is 18.1 Å². The molecule has 9 heteroatoms. The van der Waals surface area contributed by atoms with Crippen molar-refractivity contribution in [3.63, 3.8) is 0 Å². The van der Waals surface area contributed by atoms with E-state index in [2.05, 4.69) is 34.7 Å². The first-order chi connectivity index (χ1) is 15.7. The zero-order valence-electron chi connectivity index (χ0n) is 19.1. The van der Waals surface area contributed by atoms with Crippen molar-refractivity contribution in [1.82, 2.24) is 14.5 Å². The topological polar surface area (TPSA) is 96.0 Å². The van der Waals surface area contributed by atoms with Crippen LogP contribution in [0.2, 0.25) is 0 Å². The van der Waals surface area contributed by atoms with Crippen LogP contribution in [-0.2, 0) is 36.6 Å². The summed E-state index contributed by atoms with van der Waals surface area (Å²) in [7, 11) is -3.72. The summed E-state index contributed by atoms with van der Waals surface area (Å²) in [6.45, 7) is 6.49. The van der Waals surface area contributed by atoms with Crippen LogP contribution in [-0.4, -0.2) is 68.9 Å². The number of piperazine rings is 1. The smallest absolute Gasteiger partial charge is 0.324 e. The van der Waals surface area contributed by atoms with Crippen molar-refractivity contribution in [2.75, 3.05) is 32.8 Å². The summed E-state index contributed by atoms with van der Waals surface area (Å²) >= 11 is 0.